The molecule has 2 aromatic carbocycles. The lowest BCUT2D eigenvalue weighted by atomic mass is 10.1. The summed E-state index contributed by atoms with van der Waals surface area (Å²) in [6, 6.07) is 11.7. The molecule has 0 aliphatic rings. The summed E-state index contributed by atoms with van der Waals surface area (Å²) in [6.45, 7) is 1.90. The van der Waals surface area contributed by atoms with E-state index in [1.165, 1.54) is 19.2 Å². The summed E-state index contributed by atoms with van der Waals surface area (Å²) in [7, 11) is 1.28. The normalized spacial score (nSPS) is 10.0. The topological polar surface area (TPSA) is 55.4 Å². The van der Waals surface area contributed by atoms with E-state index in [-0.39, 0.29) is 11.5 Å². The van der Waals surface area contributed by atoms with Gasteiger partial charge in [-0.25, -0.2) is 4.79 Å². The van der Waals surface area contributed by atoms with Gasteiger partial charge in [0.15, 0.2) is 0 Å². The molecule has 5 heteroatoms. The Labute approximate surface area is 127 Å². The molecular weight excluding hydrogens is 290 g/mol. The number of methoxy groups -OCH3 is 1. The molecule has 0 fully saturated rings. The minimum Gasteiger partial charge on any atom is -0.465 e. The van der Waals surface area contributed by atoms with Gasteiger partial charge >= 0.3 is 5.97 Å². The van der Waals surface area contributed by atoms with Gasteiger partial charge in [-0.2, -0.15) is 0 Å². The first-order valence-corrected chi connectivity index (χ1v) is 6.65. The van der Waals surface area contributed by atoms with E-state index in [1.54, 1.807) is 24.3 Å². The van der Waals surface area contributed by atoms with Gasteiger partial charge < -0.3 is 10.1 Å². The Hall–Kier alpha value is -2.33. The van der Waals surface area contributed by atoms with Gasteiger partial charge in [0.05, 0.1) is 18.4 Å². The quantitative estimate of drug-likeness (QED) is 0.880. The lowest BCUT2D eigenvalue weighted by Crippen LogP contribution is -2.15. The molecule has 108 valence electrons. The minimum atomic E-state index is -0.536. The lowest BCUT2D eigenvalue weighted by Gasteiger charge is -2.10. The zero-order valence-electron chi connectivity index (χ0n) is 11.6. The molecule has 0 bridgehead atoms. The molecule has 0 heterocycles. The molecule has 0 aromatic heterocycles. The fraction of sp³-hybridized carbons (Fsp3) is 0.125. The van der Waals surface area contributed by atoms with Crippen LogP contribution in [-0.2, 0) is 4.74 Å². The molecule has 4 nitrogen and oxygen atoms in total. The monoisotopic (exact) mass is 303 g/mol. The van der Waals surface area contributed by atoms with Crippen LogP contribution in [0.5, 0.6) is 0 Å². The van der Waals surface area contributed by atoms with Crippen LogP contribution in [0.25, 0.3) is 0 Å². The van der Waals surface area contributed by atoms with E-state index in [9.17, 15) is 9.59 Å². The largest absolute Gasteiger partial charge is 0.465 e. The van der Waals surface area contributed by atoms with Gasteiger partial charge in [-0.1, -0.05) is 29.3 Å². The second-order valence-electron chi connectivity index (χ2n) is 4.51. The zero-order valence-corrected chi connectivity index (χ0v) is 12.4. The molecule has 0 spiro atoms. The van der Waals surface area contributed by atoms with E-state index >= 15 is 0 Å². The van der Waals surface area contributed by atoms with Gasteiger partial charge in [-0.05, 0) is 37.3 Å². The summed E-state index contributed by atoms with van der Waals surface area (Å²) in [5, 5.41) is 3.10. The van der Waals surface area contributed by atoms with Crippen LogP contribution < -0.4 is 5.32 Å². The number of carbonyl (C=O) groups is 2. The SMILES string of the molecule is COC(=O)c1ccc(Cl)cc1NC(=O)c1cccc(C)c1. The smallest absolute Gasteiger partial charge is 0.339 e. The summed E-state index contributed by atoms with van der Waals surface area (Å²) < 4.78 is 4.69. The van der Waals surface area contributed by atoms with Crippen molar-refractivity contribution in [3.8, 4) is 0 Å². The van der Waals surface area contributed by atoms with Crippen LogP contribution in [0.4, 0.5) is 5.69 Å². The molecule has 0 radical (unpaired) electrons. The minimum absolute atomic E-state index is 0.253. The van der Waals surface area contributed by atoms with E-state index in [2.05, 4.69) is 10.1 Å². The van der Waals surface area contributed by atoms with Crippen LogP contribution in [0, 0.1) is 6.92 Å². The number of nitrogens with one attached hydrogen (secondary N) is 1. The Bertz CT molecular complexity index is 698. The number of amides is 1. The third-order valence-corrected chi connectivity index (χ3v) is 3.15. The zero-order chi connectivity index (χ0) is 15.4. The number of esters is 1. The van der Waals surface area contributed by atoms with E-state index in [4.69, 9.17) is 11.6 Å². The number of benzene rings is 2. The van der Waals surface area contributed by atoms with Crippen LogP contribution in [0.1, 0.15) is 26.3 Å². The molecule has 0 saturated heterocycles. The first-order chi connectivity index (χ1) is 10.0. The van der Waals surface area contributed by atoms with E-state index in [1.807, 2.05) is 13.0 Å². The van der Waals surface area contributed by atoms with Gasteiger partial charge in [-0.3, -0.25) is 4.79 Å². The van der Waals surface area contributed by atoms with Crippen molar-refractivity contribution >= 4 is 29.2 Å². The number of anilines is 1. The Morgan fingerprint density at radius 2 is 1.90 bits per heavy atom. The Morgan fingerprint density at radius 3 is 2.57 bits per heavy atom. The number of carbonyl (C=O) groups excluding carboxylic acids is 2. The van der Waals surface area contributed by atoms with Crippen molar-refractivity contribution in [1.29, 1.82) is 0 Å². The van der Waals surface area contributed by atoms with Crippen molar-refractivity contribution < 1.29 is 14.3 Å². The molecule has 21 heavy (non-hydrogen) atoms. The van der Waals surface area contributed by atoms with Crippen molar-refractivity contribution in [2.45, 2.75) is 6.92 Å². The molecule has 0 aliphatic carbocycles. The number of hydrogen-bond donors (Lipinski definition) is 1. The van der Waals surface area contributed by atoms with Crippen molar-refractivity contribution in [3.05, 3.63) is 64.2 Å². The third-order valence-electron chi connectivity index (χ3n) is 2.92. The van der Waals surface area contributed by atoms with Crippen LogP contribution in [0.3, 0.4) is 0 Å². The molecule has 0 atom stereocenters. The summed E-state index contributed by atoms with van der Waals surface area (Å²) in [5.74, 6) is -0.850. The number of halogens is 1. The maximum atomic E-state index is 12.2. The summed E-state index contributed by atoms with van der Waals surface area (Å²) in [4.78, 5) is 23.9. The first-order valence-electron chi connectivity index (χ1n) is 6.27. The van der Waals surface area contributed by atoms with Gasteiger partial charge in [0, 0.05) is 10.6 Å². The molecule has 1 N–H and O–H groups in total. The van der Waals surface area contributed by atoms with Crippen LogP contribution in [0.2, 0.25) is 5.02 Å². The van der Waals surface area contributed by atoms with Gasteiger partial charge in [0.25, 0.3) is 5.91 Å². The molecule has 0 aliphatic heterocycles. The van der Waals surface area contributed by atoms with Crippen LogP contribution in [0.15, 0.2) is 42.5 Å². The average Bonchev–Trinajstić information content (AvgIpc) is 2.46. The highest BCUT2D eigenvalue weighted by Crippen LogP contribution is 2.22. The molecule has 1 amide bonds. The van der Waals surface area contributed by atoms with Crippen LogP contribution in [-0.4, -0.2) is 19.0 Å². The number of ether oxygens (including phenoxy) is 1. The van der Waals surface area contributed by atoms with Crippen LogP contribution >= 0.6 is 11.6 Å². The maximum Gasteiger partial charge on any atom is 0.339 e. The second kappa shape index (κ2) is 6.41. The highest BCUT2D eigenvalue weighted by Gasteiger charge is 2.15. The Kier molecular flexibility index (Phi) is 4.60. The standard InChI is InChI=1S/C16H14ClNO3/c1-10-4-3-5-11(8-10)15(19)18-14-9-12(17)6-7-13(14)16(20)21-2/h3-9H,1-2H3,(H,18,19). The van der Waals surface area contributed by atoms with Crippen molar-refractivity contribution in [2.75, 3.05) is 12.4 Å². The maximum absolute atomic E-state index is 12.2. The van der Waals surface area contributed by atoms with Gasteiger partial charge in [-0.15, -0.1) is 0 Å². The fourth-order valence-electron chi connectivity index (χ4n) is 1.89. The molecule has 2 aromatic rings. The Balaban J connectivity index is 2.32. The summed E-state index contributed by atoms with van der Waals surface area (Å²) in [6.07, 6.45) is 0. The van der Waals surface area contributed by atoms with E-state index in [0.717, 1.165) is 5.56 Å². The number of hydrogen-bond acceptors (Lipinski definition) is 3. The fourth-order valence-corrected chi connectivity index (χ4v) is 2.06. The van der Waals surface area contributed by atoms with Gasteiger partial charge in [0.2, 0.25) is 0 Å². The van der Waals surface area contributed by atoms with E-state index < -0.39 is 5.97 Å². The Morgan fingerprint density at radius 1 is 1.14 bits per heavy atom. The second-order valence-corrected chi connectivity index (χ2v) is 4.94. The number of rotatable bonds is 3. The predicted octanol–water partition coefficient (Wildman–Crippen LogP) is 3.69. The molecule has 2 rings (SSSR count). The summed E-state index contributed by atoms with van der Waals surface area (Å²) >= 11 is 5.92. The van der Waals surface area contributed by atoms with Crippen molar-refractivity contribution in [1.82, 2.24) is 0 Å². The highest BCUT2D eigenvalue weighted by molar-refractivity contribution is 6.31. The average molecular weight is 304 g/mol. The summed E-state index contributed by atoms with van der Waals surface area (Å²) in [5.41, 5.74) is 2.05. The lowest BCUT2D eigenvalue weighted by molar-refractivity contribution is 0.0602. The van der Waals surface area contributed by atoms with E-state index in [0.29, 0.717) is 16.3 Å². The van der Waals surface area contributed by atoms with Crippen molar-refractivity contribution in [2.24, 2.45) is 0 Å². The predicted molar refractivity (Wildman–Crippen MR) is 81.9 cm³/mol. The van der Waals surface area contributed by atoms with Gasteiger partial charge in [0.1, 0.15) is 0 Å². The molecular formula is C16H14ClNO3. The highest BCUT2D eigenvalue weighted by atomic mass is 35.5. The third kappa shape index (κ3) is 3.61. The first kappa shape index (κ1) is 15.1. The van der Waals surface area contributed by atoms with Crippen molar-refractivity contribution in [3.63, 3.8) is 0 Å². The molecule has 0 unspecified atom stereocenters. The molecule has 0 saturated carbocycles. The number of aryl methyl sites for hydroxylation is 1.